The van der Waals surface area contributed by atoms with E-state index < -0.39 is 10.0 Å². The van der Waals surface area contributed by atoms with E-state index in [2.05, 4.69) is 5.10 Å². The van der Waals surface area contributed by atoms with E-state index in [-0.39, 0.29) is 5.03 Å². The second-order valence-corrected chi connectivity index (χ2v) is 3.58. The number of hydrogen-bond donors (Lipinski definition) is 2. The van der Waals surface area contributed by atoms with Crippen LogP contribution in [0.15, 0.2) is 17.3 Å². The molecule has 1 rings (SSSR count). The van der Waals surface area contributed by atoms with Crippen molar-refractivity contribution in [1.82, 2.24) is 14.6 Å². The highest BCUT2D eigenvalue weighted by atomic mass is 32.2. The molecule has 0 aliphatic rings. The number of hydrazine groups is 1. The molecule has 0 spiro atoms. The fraction of sp³-hybridized carbons (Fsp3) is 0.250. The van der Waals surface area contributed by atoms with Crippen molar-refractivity contribution in [3.8, 4) is 0 Å². The van der Waals surface area contributed by atoms with Crippen LogP contribution in [-0.2, 0) is 17.1 Å². The summed E-state index contributed by atoms with van der Waals surface area (Å²) in [6.45, 7) is 0. The number of aromatic nitrogens is 2. The molecule has 0 aliphatic carbocycles. The van der Waals surface area contributed by atoms with E-state index in [0.29, 0.717) is 0 Å². The lowest BCUT2D eigenvalue weighted by atomic mass is 10.7. The largest absolute Gasteiger partial charge is 0.270 e. The quantitative estimate of drug-likeness (QED) is 0.427. The Morgan fingerprint density at radius 1 is 1.73 bits per heavy atom. The van der Waals surface area contributed by atoms with Crippen molar-refractivity contribution in [2.45, 2.75) is 5.03 Å². The summed E-state index contributed by atoms with van der Waals surface area (Å²) in [5.41, 5.74) is 0. The molecular formula is C4H8N4O2S. The number of rotatable bonds is 2. The molecule has 0 atom stereocenters. The van der Waals surface area contributed by atoms with Crippen LogP contribution < -0.4 is 10.7 Å². The zero-order valence-corrected chi connectivity index (χ0v) is 6.67. The Bertz CT molecular complexity index is 341. The summed E-state index contributed by atoms with van der Waals surface area (Å²) in [6.07, 6.45) is 1.38. The van der Waals surface area contributed by atoms with Gasteiger partial charge in [0.15, 0.2) is 5.03 Å². The molecule has 1 heterocycles. The fourth-order valence-corrected chi connectivity index (χ4v) is 1.44. The lowest BCUT2D eigenvalue weighted by Crippen LogP contribution is -2.31. The highest BCUT2D eigenvalue weighted by Gasteiger charge is 2.14. The van der Waals surface area contributed by atoms with Crippen LogP contribution in [0.5, 0.6) is 0 Å². The average Bonchev–Trinajstić information content (AvgIpc) is 2.36. The molecule has 3 N–H and O–H groups in total. The first-order valence-corrected chi connectivity index (χ1v) is 4.26. The van der Waals surface area contributed by atoms with Gasteiger partial charge in [-0.2, -0.15) is 5.10 Å². The molecular weight excluding hydrogens is 168 g/mol. The van der Waals surface area contributed by atoms with E-state index >= 15 is 0 Å². The third-order valence-corrected chi connectivity index (χ3v) is 2.47. The topological polar surface area (TPSA) is 90.0 Å². The minimum atomic E-state index is -3.56. The molecule has 0 fully saturated rings. The molecule has 7 heteroatoms. The van der Waals surface area contributed by atoms with Crippen LogP contribution in [0.4, 0.5) is 0 Å². The molecule has 0 saturated carbocycles. The molecule has 0 amide bonds. The van der Waals surface area contributed by atoms with Gasteiger partial charge >= 0.3 is 0 Å². The third-order valence-electron chi connectivity index (χ3n) is 1.21. The summed E-state index contributed by atoms with van der Waals surface area (Å²) in [4.78, 5) is 1.70. The van der Waals surface area contributed by atoms with Crippen molar-refractivity contribution < 1.29 is 8.42 Å². The Morgan fingerprint density at radius 3 is 2.73 bits per heavy atom. The first-order valence-electron chi connectivity index (χ1n) is 2.78. The van der Waals surface area contributed by atoms with E-state index in [1.807, 2.05) is 0 Å². The van der Waals surface area contributed by atoms with Crippen molar-refractivity contribution in [2.24, 2.45) is 12.9 Å². The van der Waals surface area contributed by atoms with E-state index in [1.165, 1.54) is 24.0 Å². The summed E-state index contributed by atoms with van der Waals surface area (Å²) in [5, 5.41) is 3.71. The maximum Gasteiger partial charge on any atom is 0.270 e. The number of nitrogens with two attached hydrogens (primary N) is 1. The van der Waals surface area contributed by atoms with E-state index in [0.717, 1.165) is 0 Å². The van der Waals surface area contributed by atoms with E-state index in [9.17, 15) is 8.42 Å². The van der Waals surface area contributed by atoms with Crippen LogP contribution in [0.25, 0.3) is 0 Å². The predicted octanol–water partition coefficient (Wildman–Crippen LogP) is -1.43. The Balaban J connectivity index is 3.22. The molecule has 0 aromatic carbocycles. The maximum atomic E-state index is 11.0. The molecule has 1 aromatic rings. The van der Waals surface area contributed by atoms with Gasteiger partial charge in [0.2, 0.25) is 0 Å². The van der Waals surface area contributed by atoms with Crippen molar-refractivity contribution in [3.05, 3.63) is 12.3 Å². The van der Waals surface area contributed by atoms with Crippen LogP contribution in [0.3, 0.4) is 0 Å². The molecule has 0 unspecified atom stereocenters. The van der Waals surface area contributed by atoms with Crippen molar-refractivity contribution in [3.63, 3.8) is 0 Å². The molecule has 62 valence electrons. The van der Waals surface area contributed by atoms with Crippen LogP contribution in [0, 0.1) is 0 Å². The molecule has 0 bridgehead atoms. The lowest BCUT2D eigenvalue weighted by Gasteiger charge is -2.00. The molecule has 6 nitrogen and oxygen atoms in total. The van der Waals surface area contributed by atoms with Crippen molar-refractivity contribution in [2.75, 3.05) is 0 Å². The maximum absolute atomic E-state index is 11.0. The van der Waals surface area contributed by atoms with Crippen LogP contribution in [0.1, 0.15) is 0 Å². The van der Waals surface area contributed by atoms with Gasteiger partial charge in [-0.25, -0.2) is 8.42 Å². The van der Waals surface area contributed by atoms with Gasteiger partial charge in [0.25, 0.3) is 10.0 Å². The smallest absolute Gasteiger partial charge is 0.257 e. The van der Waals surface area contributed by atoms with Gasteiger partial charge in [0.05, 0.1) is 6.20 Å². The van der Waals surface area contributed by atoms with Crippen LogP contribution in [-0.4, -0.2) is 18.2 Å². The fourth-order valence-electron chi connectivity index (χ4n) is 0.686. The van der Waals surface area contributed by atoms with Gasteiger partial charge in [-0.15, -0.1) is 4.83 Å². The summed E-state index contributed by atoms with van der Waals surface area (Å²) in [7, 11) is -2.04. The van der Waals surface area contributed by atoms with Gasteiger partial charge in [0, 0.05) is 7.05 Å². The number of nitrogens with one attached hydrogen (secondary N) is 1. The second-order valence-electron chi connectivity index (χ2n) is 1.91. The second kappa shape index (κ2) is 2.61. The Kier molecular flexibility index (Phi) is 1.94. The number of hydrogen-bond acceptors (Lipinski definition) is 4. The first-order chi connectivity index (χ1) is 5.08. The number of nitrogens with zero attached hydrogens (tertiary/aromatic N) is 2. The first kappa shape index (κ1) is 8.18. The van der Waals surface area contributed by atoms with Gasteiger partial charge < -0.3 is 0 Å². The molecule has 0 aliphatic heterocycles. The minimum Gasteiger partial charge on any atom is -0.257 e. The van der Waals surface area contributed by atoms with E-state index in [4.69, 9.17) is 5.84 Å². The predicted molar refractivity (Wildman–Crippen MR) is 37.7 cm³/mol. The summed E-state index contributed by atoms with van der Waals surface area (Å²) in [5.74, 6) is 4.79. The SMILES string of the molecule is Cn1nccc1S(=O)(=O)NN. The van der Waals surface area contributed by atoms with Crippen LogP contribution in [0.2, 0.25) is 0 Å². The third kappa shape index (κ3) is 1.39. The monoisotopic (exact) mass is 176 g/mol. The van der Waals surface area contributed by atoms with Crippen molar-refractivity contribution in [1.29, 1.82) is 0 Å². The molecule has 1 aromatic heterocycles. The summed E-state index contributed by atoms with van der Waals surface area (Å²) >= 11 is 0. The standard InChI is InChI=1S/C4H8N4O2S/c1-8-4(2-3-6-8)11(9,10)7-5/h2-3,7H,5H2,1H3. The zero-order chi connectivity index (χ0) is 8.48. The Labute approximate surface area is 64.0 Å². The Morgan fingerprint density at radius 2 is 2.36 bits per heavy atom. The molecule has 11 heavy (non-hydrogen) atoms. The molecule has 0 saturated heterocycles. The van der Waals surface area contributed by atoms with Gasteiger partial charge in [-0.3, -0.25) is 10.5 Å². The Hall–Kier alpha value is -0.920. The van der Waals surface area contributed by atoms with E-state index in [1.54, 1.807) is 4.83 Å². The lowest BCUT2D eigenvalue weighted by molar-refractivity contribution is 0.565. The van der Waals surface area contributed by atoms with Gasteiger partial charge in [0.1, 0.15) is 0 Å². The number of aryl methyl sites for hydroxylation is 1. The summed E-state index contributed by atoms with van der Waals surface area (Å²) < 4.78 is 23.2. The highest BCUT2D eigenvalue weighted by Crippen LogP contribution is 2.03. The van der Waals surface area contributed by atoms with Gasteiger partial charge in [-0.1, -0.05) is 0 Å². The highest BCUT2D eigenvalue weighted by molar-refractivity contribution is 7.89. The van der Waals surface area contributed by atoms with Crippen LogP contribution >= 0.6 is 0 Å². The number of sulfonamides is 1. The normalized spacial score (nSPS) is 11.8. The zero-order valence-electron chi connectivity index (χ0n) is 5.85. The summed E-state index contributed by atoms with van der Waals surface area (Å²) in [6, 6.07) is 1.36. The average molecular weight is 176 g/mol. The van der Waals surface area contributed by atoms with Crippen molar-refractivity contribution >= 4 is 10.0 Å². The molecule has 0 radical (unpaired) electrons. The van der Waals surface area contributed by atoms with Gasteiger partial charge in [-0.05, 0) is 6.07 Å². The minimum absolute atomic E-state index is 0.0417.